The third kappa shape index (κ3) is 3.16. The van der Waals surface area contributed by atoms with E-state index in [0.717, 1.165) is 48.3 Å². The summed E-state index contributed by atoms with van der Waals surface area (Å²) < 4.78 is 5.86. The number of nitrogens with zero attached hydrogens (tertiary/aromatic N) is 3. The van der Waals surface area contributed by atoms with Crippen LogP contribution in [-0.2, 0) is 6.54 Å². The maximum Gasteiger partial charge on any atom is 0.254 e. The van der Waals surface area contributed by atoms with Crippen LogP contribution in [0.5, 0.6) is 5.75 Å². The van der Waals surface area contributed by atoms with Gasteiger partial charge in [0, 0.05) is 42.5 Å². The SMILES string of the molecule is CN1Cc2cc(N3CCOc4cc(C(=O)C5CCCCC5)cnc43)ccc2C1=O. The molecule has 1 fully saturated rings. The molecule has 6 nitrogen and oxygen atoms in total. The molecule has 0 N–H and O–H groups in total. The number of rotatable bonds is 3. The molecule has 1 aromatic heterocycles. The second kappa shape index (κ2) is 7.17. The fourth-order valence-electron chi connectivity index (χ4n) is 4.71. The Morgan fingerprint density at radius 2 is 2.00 bits per heavy atom. The molecule has 3 heterocycles. The number of fused-ring (bicyclic) bond motifs is 2. The third-order valence-electron chi connectivity index (χ3n) is 6.31. The zero-order valence-corrected chi connectivity index (χ0v) is 16.7. The van der Waals surface area contributed by atoms with E-state index in [4.69, 9.17) is 4.74 Å². The van der Waals surface area contributed by atoms with Crippen molar-refractivity contribution in [3.8, 4) is 5.75 Å². The van der Waals surface area contributed by atoms with Gasteiger partial charge >= 0.3 is 0 Å². The molecular weight excluding hydrogens is 366 g/mol. The molecule has 0 atom stereocenters. The van der Waals surface area contributed by atoms with E-state index in [1.165, 1.54) is 6.42 Å². The van der Waals surface area contributed by atoms with Crippen LogP contribution in [0.3, 0.4) is 0 Å². The minimum absolute atomic E-state index is 0.0675. The van der Waals surface area contributed by atoms with Gasteiger partial charge in [0.1, 0.15) is 6.61 Å². The second-order valence-electron chi connectivity index (χ2n) is 8.25. The monoisotopic (exact) mass is 391 g/mol. The van der Waals surface area contributed by atoms with Crippen LogP contribution < -0.4 is 9.64 Å². The Kier molecular flexibility index (Phi) is 4.49. The third-order valence-corrected chi connectivity index (χ3v) is 6.31. The highest BCUT2D eigenvalue weighted by Crippen LogP contribution is 2.38. The van der Waals surface area contributed by atoms with Crippen molar-refractivity contribution in [3.05, 3.63) is 47.2 Å². The van der Waals surface area contributed by atoms with Crippen LogP contribution in [0.2, 0.25) is 0 Å². The van der Waals surface area contributed by atoms with E-state index in [1.54, 1.807) is 11.1 Å². The Labute approximate surface area is 170 Å². The Morgan fingerprint density at radius 1 is 1.17 bits per heavy atom. The van der Waals surface area contributed by atoms with Crippen LogP contribution in [0.1, 0.15) is 58.4 Å². The van der Waals surface area contributed by atoms with Crippen LogP contribution in [-0.4, -0.2) is 41.8 Å². The van der Waals surface area contributed by atoms with Gasteiger partial charge in [-0.3, -0.25) is 9.59 Å². The molecule has 1 saturated carbocycles. The Morgan fingerprint density at radius 3 is 2.83 bits per heavy atom. The summed E-state index contributed by atoms with van der Waals surface area (Å²) in [5, 5.41) is 0. The minimum Gasteiger partial charge on any atom is -0.488 e. The fraction of sp³-hybridized carbons (Fsp3) is 0.435. The van der Waals surface area contributed by atoms with Gasteiger partial charge in [-0.15, -0.1) is 0 Å². The maximum atomic E-state index is 12.9. The van der Waals surface area contributed by atoms with Crippen molar-refractivity contribution in [2.45, 2.75) is 38.6 Å². The molecule has 3 aliphatic rings. The lowest BCUT2D eigenvalue weighted by Crippen LogP contribution is -2.30. The molecule has 1 aliphatic carbocycles. The topological polar surface area (TPSA) is 62.7 Å². The number of ketones is 1. The first-order valence-corrected chi connectivity index (χ1v) is 10.4. The smallest absolute Gasteiger partial charge is 0.254 e. The molecule has 150 valence electrons. The lowest BCUT2D eigenvalue weighted by atomic mass is 9.84. The molecule has 1 aromatic carbocycles. The first-order chi connectivity index (χ1) is 14.1. The van der Waals surface area contributed by atoms with Crippen molar-refractivity contribution < 1.29 is 14.3 Å². The molecule has 1 amide bonds. The van der Waals surface area contributed by atoms with Crippen molar-refractivity contribution in [1.29, 1.82) is 0 Å². The van der Waals surface area contributed by atoms with Gasteiger partial charge in [0.25, 0.3) is 5.91 Å². The molecule has 0 bridgehead atoms. The van der Waals surface area contributed by atoms with E-state index in [-0.39, 0.29) is 17.6 Å². The van der Waals surface area contributed by atoms with Crippen molar-refractivity contribution in [3.63, 3.8) is 0 Å². The van der Waals surface area contributed by atoms with E-state index >= 15 is 0 Å². The van der Waals surface area contributed by atoms with Crippen LogP contribution in [0, 0.1) is 5.92 Å². The van der Waals surface area contributed by atoms with Gasteiger partial charge in [-0.1, -0.05) is 19.3 Å². The summed E-state index contributed by atoms with van der Waals surface area (Å²) in [5.41, 5.74) is 3.45. The summed E-state index contributed by atoms with van der Waals surface area (Å²) in [7, 11) is 1.82. The van der Waals surface area contributed by atoms with Crippen LogP contribution in [0.4, 0.5) is 11.5 Å². The van der Waals surface area contributed by atoms with Crippen LogP contribution >= 0.6 is 0 Å². The minimum atomic E-state index is 0.0675. The summed E-state index contributed by atoms with van der Waals surface area (Å²) in [5.74, 6) is 1.77. The number of benzene rings is 1. The number of anilines is 2. The van der Waals surface area contributed by atoms with Crippen molar-refractivity contribution in [1.82, 2.24) is 9.88 Å². The van der Waals surface area contributed by atoms with Gasteiger partial charge < -0.3 is 14.5 Å². The first kappa shape index (κ1) is 18.2. The number of Topliss-reactive ketones (excluding diaryl/α,β-unsaturated/α-hetero) is 1. The Hall–Kier alpha value is -2.89. The molecular formula is C23H25N3O3. The number of hydrogen-bond donors (Lipinski definition) is 0. The lowest BCUT2D eigenvalue weighted by molar-refractivity contribution is 0.0816. The summed E-state index contributed by atoms with van der Waals surface area (Å²) >= 11 is 0. The predicted molar refractivity (Wildman–Crippen MR) is 110 cm³/mol. The highest BCUT2D eigenvalue weighted by molar-refractivity contribution is 5.99. The standard InChI is InChI=1S/C23H25N3O3/c1-25-14-17-11-18(7-8-19(17)23(25)28)26-9-10-29-20-12-16(13-24-22(20)26)21(27)15-5-3-2-4-6-15/h7-8,11-13,15H,2-6,9-10,14H2,1H3. The first-order valence-electron chi connectivity index (χ1n) is 10.4. The molecule has 2 aromatic rings. The Bertz CT molecular complexity index is 981. The van der Waals surface area contributed by atoms with E-state index in [1.807, 2.05) is 25.2 Å². The van der Waals surface area contributed by atoms with Crippen molar-refractivity contribution in [2.24, 2.45) is 5.92 Å². The Balaban J connectivity index is 1.44. The zero-order chi connectivity index (χ0) is 20.0. The molecule has 2 aliphatic heterocycles. The zero-order valence-electron chi connectivity index (χ0n) is 16.7. The lowest BCUT2D eigenvalue weighted by Gasteiger charge is -2.30. The summed E-state index contributed by atoms with van der Waals surface area (Å²) in [6.07, 6.45) is 7.15. The number of pyridine rings is 1. The number of ether oxygens (including phenoxy) is 1. The fourth-order valence-corrected chi connectivity index (χ4v) is 4.71. The quantitative estimate of drug-likeness (QED) is 0.741. The highest BCUT2D eigenvalue weighted by Gasteiger charge is 2.29. The van der Waals surface area contributed by atoms with Gasteiger partial charge in [-0.05, 0) is 42.7 Å². The molecule has 29 heavy (non-hydrogen) atoms. The van der Waals surface area contributed by atoms with E-state index in [0.29, 0.717) is 31.0 Å². The van der Waals surface area contributed by atoms with Crippen LogP contribution in [0.25, 0.3) is 0 Å². The number of carbonyl (C=O) groups is 2. The number of hydrogen-bond acceptors (Lipinski definition) is 5. The van der Waals surface area contributed by atoms with Gasteiger partial charge in [0.05, 0.1) is 6.54 Å². The number of aromatic nitrogens is 1. The predicted octanol–water partition coefficient (Wildman–Crippen LogP) is 3.96. The summed E-state index contributed by atoms with van der Waals surface area (Å²) in [4.78, 5) is 33.5. The number of amides is 1. The molecule has 0 unspecified atom stereocenters. The van der Waals surface area contributed by atoms with Gasteiger partial charge in [0.2, 0.25) is 0 Å². The van der Waals surface area contributed by atoms with E-state index < -0.39 is 0 Å². The van der Waals surface area contributed by atoms with Gasteiger partial charge in [0.15, 0.2) is 17.4 Å². The normalized spacial score (nSPS) is 19.0. The molecule has 0 radical (unpaired) electrons. The van der Waals surface area contributed by atoms with E-state index in [9.17, 15) is 9.59 Å². The average Bonchev–Trinajstić information content (AvgIpc) is 3.06. The second-order valence-corrected chi connectivity index (χ2v) is 8.25. The molecule has 5 rings (SSSR count). The van der Waals surface area contributed by atoms with Crippen molar-refractivity contribution >= 4 is 23.2 Å². The van der Waals surface area contributed by atoms with Gasteiger partial charge in [-0.25, -0.2) is 4.98 Å². The molecule has 0 saturated heterocycles. The highest BCUT2D eigenvalue weighted by atomic mass is 16.5. The van der Waals surface area contributed by atoms with Crippen molar-refractivity contribution in [2.75, 3.05) is 25.1 Å². The average molecular weight is 391 g/mol. The van der Waals surface area contributed by atoms with Gasteiger partial charge in [-0.2, -0.15) is 0 Å². The molecule has 0 spiro atoms. The largest absolute Gasteiger partial charge is 0.488 e. The maximum absolute atomic E-state index is 12.9. The summed E-state index contributed by atoms with van der Waals surface area (Å²) in [6.45, 7) is 1.84. The number of carbonyl (C=O) groups excluding carboxylic acids is 2. The van der Waals surface area contributed by atoms with E-state index in [2.05, 4.69) is 16.0 Å². The van der Waals surface area contributed by atoms with Crippen LogP contribution in [0.15, 0.2) is 30.5 Å². The summed E-state index contributed by atoms with van der Waals surface area (Å²) in [6, 6.07) is 7.78. The molecule has 6 heteroatoms.